The second kappa shape index (κ2) is 2.96. The van der Waals surface area contributed by atoms with Crippen molar-refractivity contribution < 1.29 is 8.78 Å². The van der Waals surface area contributed by atoms with Crippen molar-refractivity contribution in [3.05, 3.63) is 17.0 Å². The van der Waals surface area contributed by atoms with Gasteiger partial charge in [-0.2, -0.15) is 18.7 Å². The van der Waals surface area contributed by atoms with Crippen molar-refractivity contribution in [1.29, 1.82) is 0 Å². The number of hydrogen-bond donors (Lipinski definition) is 1. The lowest BCUT2D eigenvalue weighted by molar-refractivity contribution is 0.485. The van der Waals surface area contributed by atoms with E-state index in [0.29, 0.717) is 0 Å². The molecule has 0 aliphatic heterocycles. The summed E-state index contributed by atoms with van der Waals surface area (Å²) in [6.45, 7) is 0. The van der Waals surface area contributed by atoms with Gasteiger partial charge in [0.15, 0.2) is 5.82 Å². The van der Waals surface area contributed by atoms with Crippen molar-refractivity contribution in [2.75, 3.05) is 12.4 Å². The van der Waals surface area contributed by atoms with Gasteiger partial charge in [0.25, 0.3) is 0 Å². The molecule has 3 nitrogen and oxygen atoms in total. The Balaban J connectivity index is 3.24. The van der Waals surface area contributed by atoms with Crippen LogP contribution in [0.4, 0.5) is 14.6 Å². The predicted octanol–water partition coefficient (Wildman–Crippen LogP) is 1.45. The van der Waals surface area contributed by atoms with Gasteiger partial charge in [-0.25, -0.2) is 0 Å². The van der Waals surface area contributed by atoms with Crippen LogP contribution in [-0.4, -0.2) is 17.0 Å². The summed E-state index contributed by atoms with van der Waals surface area (Å²) in [5.41, 5.74) is 0. The number of hydrogen-bond acceptors (Lipinski definition) is 3. The molecule has 1 aromatic rings. The SMILES string of the molecule is CNc1nc(F)nc(F)c1Cl. The maximum absolute atomic E-state index is 12.5. The van der Waals surface area contributed by atoms with Crippen molar-refractivity contribution in [2.24, 2.45) is 0 Å². The Labute approximate surface area is 66.4 Å². The van der Waals surface area contributed by atoms with E-state index >= 15 is 0 Å². The maximum Gasteiger partial charge on any atom is 0.313 e. The van der Waals surface area contributed by atoms with Gasteiger partial charge in [-0.05, 0) is 0 Å². The molecule has 0 unspecified atom stereocenters. The Morgan fingerprint density at radius 1 is 1.36 bits per heavy atom. The Bertz CT molecular complexity index is 279. The van der Waals surface area contributed by atoms with Crippen LogP contribution in [0.2, 0.25) is 5.02 Å². The highest BCUT2D eigenvalue weighted by Crippen LogP contribution is 2.20. The van der Waals surface area contributed by atoms with Crippen LogP contribution in [0, 0.1) is 12.0 Å². The van der Waals surface area contributed by atoms with Gasteiger partial charge >= 0.3 is 6.08 Å². The highest BCUT2D eigenvalue weighted by Gasteiger charge is 2.10. The summed E-state index contributed by atoms with van der Waals surface area (Å²) in [7, 11) is 1.45. The first-order valence-electron chi connectivity index (χ1n) is 2.71. The molecule has 0 saturated carbocycles. The molecule has 11 heavy (non-hydrogen) atoms. The summed E-state index contributed by atoms with van der Waals surface area (Å²) in [4.78, 5) is 5.96. The minimum atomic E-state index is -1.14. The van der Waals surface area contributed by atoms with E-state index < -0.39 is 12.0 Å². The van der Waals surface area contributed by atoms with E-state index in [1.807, 2.05) is 0 Å². The molecule has 60 valence electrons. The Kier molecular flexibility index (Phi) is 2.19. The molecule has 0 aliphatic rings. The van der Waals surface area contributed by atoms with Gasteiger partial charge in [0, 0.05) is 7.05 Å². The highest BCUT2D eigenvalue weighted by atomic mass is 35.5. The number of aromatic nitrogens is 2. The summed E-state index contributed by atoms with van der Waals surface area (Å²) < 4.78 is 24.7. The molecule has 1 rings (SSSR count). The summed E-state index contributed by atoms with van der Waals surface area (Å²) >= 11 is 5.34. The van der Waals surface area contributed by atoms with Crippen molar-refractivity contribution in [3.8, 4) is 0 Å². The van der Waals surface area contributed by atoms with Gasteiger partial charge in [-0.1, -0.05) is 11.6 Å². The van der Waals surface area contributed by atoms with Crippen LogP contribution in [0.25, 0.3) is 0 Å². The average Bonchev–Trinajstić information content (AvgIpc) is 1.96. The topological polar surface area (TPSA) is 37.8 Å². The summed E-state index contributed by atoms with van der Waals surface area (Å²) in [6.07, 6.45) is -1.14. The molecule has 6 heteroatoms. The number of halogens is 3. The molecule has 0 spiro atoms. The molecule has 0 atom stereocenters. The van der Waals surface area contributed by atoms with Crippen LogP contribution in [-0.2, 0) is 0 Å². The molecule has 0 aromatic carbocycles. The van der Waals surface area contributed by atoms with Crippen LogP contribution in [0.15, 0.2) is 0 Å². The second-order valence-electron chi connectivity index (χ2n) is 1.70. The van der Waals surface area contributed by atoms with Gasteiger partial charge in [0.05, 0.1) is 0 Å². The largest absolute Gasteiger partial charge is 0.372 e. The summed E-state index contributed by atoms with van der Waals surface area (Å²) in [6, 6.07) is 0. The van der Waals surface area contributed by atoms with E-state index in [0.717, 1.165) is 0 Å². The van der Waals surface area contributed by atoms with Crippen molar-refractivity contribution >= 4 is 17.4 Å². The van der Waals surface area contributed by atoms with Crippen molar-refractivity contribution in [3.63, 3.8) is 0 Å². The van der Waals surface area contributed by atoms with Crippen molar-refractivity contribution in [2.45, 2.75) is 0 Å². The fourth-order valence-corrected chi connectivity index (χ4v) is 0.739. The molecule has 1 aromatic heterocycles. The van der Waals surface area contributed by atoms with E-state index in [-0.39, 0.29) is 10.8 Å². The molecule has 1 N–H and O–H groups in total. The molecule has 0 bridgehead atoms. The molecule has 0 fully saturated rings. The quantitative estimate of drug-likeness (QED) is 0.524. The third-order valence-corrected chi connectivity index (χ3v) is 1.36. The van der Waals surface area contributed by atoms with Gasteiger partial charge < -0.3 is 5.32 Å². The predicted molar refractivity (Wildman–Crippen MR) is 36.5 cm³/mol. The minimum Gasteiger partial charge on any atom is -0.372 e. The standard InChI is InChI=1S/C5H4ClF2N3/c1-9-4-2(6)3(7)10-5(8)11-4/h1H3,(H,9,10,11). The van der Waals surface area contributed by atoms with Gasteiger partial charge in [0.2, 0.25) is 5.95 Å². The zero-order chi connectivity index (χ0) is 8.43. The zero-order valence-electron chi connectivity index (χ0n) is 5.53. The Hall–Kier alpha value is -0.970. The lowest BCUT2D eigenvalue weighted by Crippen LogP contribution is -2.01. The van der Waals surface area contributed by atoms with E-state index in [2.05, 4.69) is 15.3 Å². The molecular weight excluding hydrogens is 176 g/mol. The van der Waals surface area contributed by atoms with E-state index in [1.165, 1.54) is 7.05 Å². The van der Waals surface area contributed by atoms with Crippen LogP contribution in [0.1, 0.15) is 0 Å². The van der Waals surface area contributed by atoms with Gasteiger partial charge in [-0.15, -0.1) is 0 Å². The van der Waals surface area contributed by atoms with Gasteiger partial charge in [0.1, 0.15) is 5.02 Å². The summed E-state index contributed by atoms with van der Waals surface area (Å²) in [5.74, 6) is -1.12. The maximum atomic E-state index is 12.5. The molecule has 0 saturated heterocycles. The molecule has 0 aliphatic carbocycles. The third kappa shape index (κ3) is 1.54. The minimum absolute atomic E-state index is 0.0586. The van der Waals surface area contributed by atoms with E-state index in [1.54, 1.807) is 0 Å². The monoisotopic (exact) mass is 179 g/mol. The number of nitrogens with one attached hydrogen (secondary N) is 1. The van der Waals surface area contributed by atoms with Crippen molar-refractivity contribution in [1.82, 2.24) is 9.97 Å². The lowest BCUT2D eigenvalue weighted by atomic mass is 10.6. The Morgan fingerprint density at radius 2 is 2.00 bits per heavy atom. The second-order valence-corrected chi connectivity index (χ2v) is 2.07. The third-order valence-electron chi connectivity index (χ3n) is 1.02. The fourth-order valence-electron chi connectivity index (χ4n) is 0.560. The molecule has 0 radical (unpaired) electrons. The number of anilines is 1. The zero-order valence-corrected chi connectivity index (χ0v) is 6.28. The average molecular weight is 180 g/mol. The smallest absolute Gasteiger partial charge is 0.313 e. The van der Waals surface area contributed by atoms with Crippen LogP contribution >= 0.6 is 11.6 Å². The van der Waals surface area contributed by atoms with Crippen LogP contribution in [0.3, 0.4) is 0 Å². The normalized spacial score (nSPS) is 9.82. The molecule has 0 amide bonds. The Morgan fingerprint density at radius 3 is 2.55 bits per heavy atom. The number of nitrogens with zero attached hydrogens (tertiary/aromatic N) is 2. The lowest BCUT2D eigenvalue weighted by Gasteiger charge is -2.00. The van der Waals surface area contributed by atoms with E-state index in [9.17, 15) is 8.78 Å². The number of rotatable bonds is 1. The molecule has 1 heterocycles. The highest BCUT2D eigenvalue weighted by molar-refractivity contribution is 6.32. The fraction of sp³-hybridized carbons (Fsp3) is 0.200. The van der Waals surface area contributed by atoms with Gasteiger partial charge in [-0.3, -0.25) is 0 Å². The first-order chi connectivity index (χ1) is 5.15. The molecular formula is C5H4ClF2N3. The first kappa shape index (κ1) is 8.13. The van der Waals surface area contributed by atoms with Crippen LogP contribution < -0.4 is 5.32 Å². The van der Waals surface area contributed by atoms with Crippen LogP contribution in [0.5, 0.6) is 0 Å². The summed E-state index contributed by atoms with van der Waals surface area (Å²) in [5, 5.41) is 2.10. The van der Waals surface area contributed by atoms with E-state index in [4.69, 9.17) is 11.6 Å². The first-order valence-corrected chi connectivity index (χ1v) is 3.09.